The summed E-state index contributed by atoms with van der Waals surface area (Å²) in [7, 11) is 0. The van der Waals surface area contributed by atoms with Gasteiger partial charge < -0.3 is 0 Å². The molecule has 1 unspecified atom stereocenters. The fourth-order valence-corrected chi connectivity index (χ4v) is 3.38. The molecule has 1 aliphatic heterocycles. The summed E-state index contributed by atoms with van der Waals surface area (Å²) in [6.07, 6.45) is 1.05. The van der Waals surface area contributed by atoms with Gasteiger partial charge in [0, 0.05) is 20.8 Å². The molecule has 0 bridgehead atoms. The maximum atomic E-state index is 12.0. The Morgan fingerprint density at radius 3 is 3.00 bits per heavy atom. The normalized spacial score (nSPS) is 21.1. The molecule has 0 aliphatic carbocycles. The predicted octanol–water partition coefficient (Wildman–Crippen LogP) is 3.23. The van der Waals surface area contributed by atoms with Gasteiger partial charge in [-0.25, -0.2) is 0 Å². The molecule has 1 aromatic rings. The van der Waals surface area contributed by atoms with Crippen molar-refractivity contribution in [1.29, 1.82) is 0 Å². The molecule has 14 heavy (non-hydrogen) atoms. The van der Waals surface area contributed by atoms with Gasteiger partial charge in [-0.2, -0.15) is 11.8 Å². The van der Waals surface area contributed by atoms with Crippen LogP contribution in [0.2, 0.25) is 0 Å². The summed E-state index contributed by atoms with van der Waals surface area (Å²) in [6, 6.07) is 7.87. The molecule has 0 saturated carbocycles. The van der Waals surface area contributed by atoms with Crippen molar-refractivity contribution in [1.82, 2.24) is 0 Å². The highest BCUT2D eigenvalue weighted by Gasteiger charge is 2.24. The van der Waals surface area contributed by atoms with E-state index in [1.54, 1.807) is 0 Å². The Hall–Kier alpha value is -0.0300. The highest BCUT2D eigenvalue weighted by Crippen LogP contribution is 2.26. The molecule has 1 fully saturated rings. The molecule has 1 aliphatic rings. The second-order valence-corrected chi connectivity index (χ2v) is 5.83. The van der Waals surface area contributed by atoms with Crippen molar-refractivity contribution in [3.8, 4) is 0 Å². The first-order chi connectivity index (χ1) is 6.77. The Kier molecular flexibility index (Phi) is 3.49. The average molecular weight is 318 g/mol. The highest BCUT2D eigenvalue weighted by atomic mass is 127. The molecule has 74 valence electrons. The van der Waals surface area contributed by atoms with Gasteiger partial charge >= 0.3 is 0 Å². The van der Waals surface area contributed by atoms with Gasteiger partial charge in [-0.3, -0.25) is 4.79 Å². The van der Waals surface area contributed by atoms with Crippen molar-refractivity contribution >= 4 is 40.1 Å². The minimum atomic E-state index is 0.262. The summed E-state index contributed by atoms with van der Waals surface area (Å²) < 4.78 is 1.14. The molecule has 1 atom stereocenters. The van der Waals surface area contributed by atoms with E-state index in [9.17, 15) is 4.79 Å². The van der Waals surface area contributed by atoms with Crippen LogP contribution < -0.4 is 0 Å². The van der Waals surface area contributed by atoms with E-state index in [1.165, 1.54) is 0 Å². The largest absolute Gasteiger partial charge is 0.294 e. The van der Waals surface area contributed by atoms with Crippen LogP contribution in [0.25, 0.3) is 0 Å². The van der Waals surface area contributed by atoms with E-state index in [-0.39, 0.29) is 5.92 Å². The van der Waals surface area contributed by atoms with E-state index in [2.05, 4.69) is 22.6 Å². The van der Waals surface area contributed by atoms with Crippen molar-refractivity contribution in [3.05, 3.63) is 33.4 Å². The summed E-state index contributed by atoms with van der Waals surface area (Å²) in [5, 5.41) is 0. The number of halogens is 1. The van der Waals surface area contributed by atoms with Crippen LogP contribution in [-0.4, -0.2) is 17.3 Å². The molecule has 3 heteroatoms. The zero-order valence-corrected chi connectivity index (χ0v) is 10.7. The summed E-state index contributed by atoms with van der Waals surface area (Å²) in [4.78, 5) is 12.0. The number of thioether (sulfide) groups is 1. The summed E-state index contributed by atoms with van der Waals surface area (Å²) in [5.41, 5.74) is 0.879. The van der Waals surface area contributed by atoms with Gasteiger partial charge in [-0.1, -0.05) is 12.1 Å². The third-order valence-electron chi connectivity index (χ3n) is 2.41. The SMILES string of the molecule is O=C(c1cccc(I)c1)C1CCSC1. The quantitative estimate of drug-likeness (QED) is 0.615. The predicted molar refractivity (Wildman–Crippen MR) is 68.9 cm³/mol. The van der Waals surface area contributed by atoms with Crippen LogP contribution in [0.3, 0.4) is 0 Å². The van der Waals surface area contributed by atoms with Crippen molar-refractivity contribution in [2.24, 2.45) is 5.92 Å². The molecular formula is C11H11IOS. The lowest BCUT2D eigenvalue weighted by Gasteiger charge is -2.06. The molecule has 1 nitrogen and oxygen atoms in total. The fourth-order valence-electron chi connectivity index (χ4n) is 1.62. The van der Waals surface area contributed by atoms with Gasteiger partial charge in [0.25, 0.3) is 0 Å². The first-order valence-electron chi connectivity index (χ1n) is 4.65. The number of rotatable bonds is 2. The van der Waals surface area contributed by atoms with E-state index in [4.69, 9.17) is 0 Å². The van der Waals surface area contributed by atoms with E-state index >= 15 is 0 Å². The summed E-state index contributed by atoms with van der Waals surface area (Å²) in [6.45, 7) is 0. The molecule has 0 radical (unpaired) electrons. The van der Waals surface area contributed by atoms with Crippen LogP contribution in [0.5, 0.6) is 0 Å². The van der Waals surface area contributed by atoms with E-state index in [0.717, 1.165) is 27.1 Å². The first-order valence-corrected chi connectivity index (χ1v) is 6.88. The molecule has 1 aromatic carbocycles. The standard InChI is InChI=1S/C11H11IOS/c12-10-3-1-2-8(6-10)11(13)9-4-5-14-7-9/h1-3,6,9H,4-5,7H2. The van der Waals surface area contributed by atoms with E-state index in [0.29, 0.717) is 5.78 Å². The number of carbonyl (C=O) groups is 1. The third kappa shape index (κ3) is 2.31. The summed E-state index contributed by atoms with van der Waals surface area (Å²) >= 11 is 4.13. The Balaban J connectivity index is 2.17. The molecule has 0 amide bonds. The number of carbonyl (C=O) groups excluding carboxylic acids is 1. The van der Waals surface area contributed by atoms with Gasteiger partial charge in [0.15, 0.2) is 5.78 Å². The second-order valence-electron chi connectivity index (χ2n) is 3.44. The molecule has 0 aromatic heterocycles. The minimum Gasteiger partial charge on any atom is -0.294 e. The smallest absolute Gasteiger partial charge is 0.166 e. The molecular weight excluding hydrogens is 307 g/mol. The van der Waals surface area contributed by atoms with Crippen LogP contribution >= 0.6 is 34.4 Å². The molecule has 0 spiro atoms. The monoisotopic (exact) mass is 318 g/mol. The van der Waals surface area contributed by atoms with Crippen LogP contribution in [0.4, 0.5) is 0 Å². The second kappa shape index (κ2) is 4.66. The average Bonchev–Trinajstić information content (AvgIpc) is 2.69. The van der Waals surface area contributed by atoms with Gasteiger partial charge in [0.05, 0.1) is 0 Å². The Bertz CT molecular complexity index is 345. The van der Waals surface area contributed by atoms with Crippen LogP contribution in [-0.2, 0) is 0 Å². The van der Waals surface area contributed by atoms with Crippen molar-refractivity contribution in [2.45, 2.75) is 6.42 Å². The highest BCUT2D eigenvalue weighted by molar-refractivity contribution is 14.1. The number of hydrogen-bond acceptors (Lipinski definition) is 2. The molecule has 0 N–H and O–H groups in total. The number of hydrogen-bond donors (Lipinski definition) is 0. The van der Waals surface area contributed by atoms with Gasteiger partial charge in [0.1, 0.15) is 0 Å². The molecule has 1 saturated heterocycles. The van der Waals surface area contributed by atoms with Crippen LogP contribution in [0.15, 0.2) is 24.3 Å². The maximum Gasteiger partial charge on any atom is 0.166 e. The van der Waals surface area contributed by atoms with Gasteiger partial charge in [0.2, 0.25) is 0 Å². The minimum absolute atomic E-state index is 0.262. The van der Waals surface area contributed by atoms with Crippen molar-refractivity contribution in [2.75, 3.05) is 11.5 Å². The lowest BCUT2D eigenvalue weighted by molar-refractivity contribution is 0.0933. The number of ketones is 1. The van der Waals surface area contributed by atoms with Gasteiger partial charge in [-0.15, -0.1) is 0 Å². The van der Waals surface area contributed by atoms with Crippen LogP contribution in [0, 0.1) is 9.49 Å². The van der Waals surface area contributed by atoms with Crippen molar-refractivity contribution < 1.29 is 4.79 Å². The Labute approximate surface area is 102 Å². The molecule has 2 rings (SSSR count). The Morgan fingerprint density at radius 2 is 2.36 bits per heavy atom. The first kappa shape index (κ1) is 10.5. The topological polar surface area (TPSA) is 17.1 Å². The number of benzene rings is 1. The third-order valence-corrected chi connectivity index (χ3v) is 4.24. The number of Topliss-reactive ketones (excluding diaryl/α,β-unsaturated/α-hetero) is 1. The van der Waals surface area contributed by atoms with Crippen molar-refractivity contribution in [3.63, 3.8) is 0 Å². The van der Waals surface area contributed by atoms with Gasteiger partial charge in [-0.05, 0) is 46.9 Å². The zero-order chi connectivity index (χ0) is 9.97. The zero-order valence-electron chi connectivity index (χ0n) is 7.70. The lowest BCUT2D eigenvalue weighted by atomic mass is 9.97. The lowest BCUT2D eigenvalue weighted by Crippen LogP contribution is -2.13. The Morgan fingerprint density at radius 1 is 1.50 bits per heavy atom. The summed E-state index contributed by atoms with van der Waals surface area (Å²) in [5.74, 6) is 2.73. The maximum absolute atomic E-state index is 12.0. The van der Waals surface area contributed by atoms with Crippen LogP contribution in [0.1, 0.15) is 16.8 Å². The fraction of sp³-hybridized carbons (Fsp3) is 0.364. The van der Waals surface area contributed by atoms with E-state index < -0.39 is 0 Å². The van der Waals surface area contributed by atoms with E-state index in [1.807, 2.05) is 36.0 Å². The molecule has 1 heterocycles.